The molecule has 4 saturated heterocycles. The number of methoxy groups -OCH3 is 2. The lowest BCUT2D eigenvalue weighted by atomic mass is 9.52. The number of likely N-dealkylation sites (N-methyl/N-ethyl adjacent to an activating group) is 1. The lowest BCUT2D eigenvalue weighted by Gasteiger charge is -2.58. The molecule has 1 saturated carbocycles. The first kappa shape index (κ1) is 35.8. The summed E-state index contributed by atoms with van der Waals surface area (Å²) in [5.74, 6) is 3.92. The standard InChI is InChI=1S/C20H24N2O2.C18H25NO.H2O4S/c1-3-13-12-22-9-7-14(13)10-19(22)20(23)16-6-8-21-18-5-4-15(24-2)11-17(16)18;1-19-10-9-18-8-4-3-5-15(18)17(19)11-13-6-7-14(20-2)12-16(13)18;1-5(2,3)4/h3-6,8,11,13-14,19-20,23H,1,7,9-10,12H2,2H3;6-7,12,15,17H,3-5,8-11H2,1-2H3;(H2,1,2,3,4)/t13-,14-,19-,20-;15-,17-,18-;/m01./s1. The first-order chi connectivity index (χ1) is 23.5. The summed E-state index contributed by atoms with van der Waals surface area (Å²) in [6.07, 6.45) is 13.8. The molecule has 0 spiro atoms. The van der Waals surface area contributed by atoms with Crippen LogP contribution in [0.3, 0.4) is 0 Å². The van der Waals surface area contributed by atoms with Crippen molar-refractivity contribution < 1.29 is 32.1 Å². The van der Waals surface area contributed by atoms with E-state index in [1.54, 1.807) is 31.5 Å². The molecule has 11 heteroatoms. The highest BCUT2D eigenvalue weighted by Crippen LogP contribution is 2.56. The second-order valence-corrected chi connectivity index (χ2v) is 15.4. The van der Waals surface area contributed by atoms with Crippen LogP contribution in [0.1, 0.15) is 67.7 Å². The Bertz CT molecular complexity index is 1740. The highest BCUT2D eigenvalue weighted by Gasteiger charge is 2.53. The van der Waals surface area contributed by atoms with Crippen LogP contribution in [0.4, 0.5) is 0 Å². The van der Waals surface area contributed by atoms with Crippen LogP contribution in [0.25, 0.3) is 10.9 Å². The number of nitrogens with zero attached hydrogens (tertiary/aromatic N) is 3. The Morgan fingerprint density at radius 1 is 1.02 bits per heavy atom. The zero-order valence-corrected chi connectivity index (χ0v) is 29.7. The van der Waals surface area contributed by atoms with Gasteiger partial charge in [-0.25, -0.2) is 0 Å². The summed E-state index contributed by atoms with van der Waals surface area (Å²) in [7, 11) is 1.12. The van der Waals surface area contributed by atoms with Crippen molar-refractivity contribution >= 4 is 21.3 Å². The van der Waals surface area contributed by atoms with Gasteiger partial charge in [0.1, 0.15) is 11.5 Å². The van der Waals surface area contributed by atoms with Crippen molar-refractivity contribution in [3.05, 3.63) is 78.0 Å². The van der Waals surface area contributed by atoms with Crippen molar-refractivity contribution in [3.8, 4) is 11.5 Å². The molecule has 4 bridgehead atoms. The minimum atomic E-state index is -4.67. The van der Waals surface area contributed by atoms with Gasteiger partial charge in [0.15, 0.2) is 0 Å². The van der Waals surface area contributed by atoms with Gasteiger partial charge in [-0.3, -0.25) is 19.0 Å². The number of hydrogen-bond acceptors (Lipinski definition) is 8. The zero-order valence-electron chi connectivity index (χ0n) is 28.9. The van der Waals surface area contributed by atoms with Gasteiger partial charge in [0, 0.05) is 35.6 Å². The third-order valence-corrected chi connectivity index (χ3v) is 12.1. The number of likely N-dealkylation sites (tertiary alicyclic amines) is 1. The van der Waals surface area contributed by atoms with E-state index in [9.17, 15) is 5.11 Å². The Hall–Kier alpha value is -3.06. The SMILES string of the molecule is C=C[C@H]1CN2CC[C@H]1C[C@H]2[C@@H](O)c1ccnc2ccc(OC)cc12.COc1ccc2c(c1)[C@@]13CCCC[C@@H]1[C@@H](C2)N(C)CC3.O=S(=O)(O)O. The third kappa shape index (κ3) is 7.38. The van der Waals surface area contributed by atoms with Crippen molar-refractivity contribution in [2.45, 2.75) is 75.0 Å². The second-order valence-electron chi connectivity index (χ2n) is 14.5. The van der Waals surface area contributed by atoms with E-state index in [1.165, 1.54) is 51.5 Å². The molecule has 9 rings (SSSR count). The molecular formula is C38H51N3O7S. The molecule has 2 aliphatic carbocycles. The summed E-state index contributed by atoms with van der Waals surface area (Å²) in [6, 6.07) is 15.6. The Labute approximate surface area is 290 Å². The van der Waals surface area contributed by atoms with Crippen LogP contribution in [0.15, 0.2) is 61.3 Å². The fourth-order valence-corrected chi connectivity index (χ4v) is 9.75. The van der Waals surface area contributed by atoms with E-state index < -0.39 is 16.5 Å². The van der Waals surface area contributed by atoms with Crippen LogP contribution in [0.5, 0.6) is 11.5 Å². The molecule has 49 heavy (non-hydrogen) atoms. The summed E-state index contributed by atoms with van der Waals surface area (Å²) < 4.78 is 42.4. The van der Waals surface area contributed by atoms with E-state index in [2.05, 4.69) is 52.7 Å². The van der Waals surface area contributed by atoms with E-state index in [-0.39, 0.29) is 6.04 Å². The van der Waals surface area contributed by atoms with Gasteiger partial charge < -0.3 is 19.5 Å². The average molecular weight is 694 g/mol. The minimum Gasteiger partial charge on any atom is -0.497 e. The first-order valence-electron chi connectivity index (χ1n) is 17.5. The molecule has 0 radical (unpaired) electrons. The Morgan fingerprint density at radius 3 is 2.45 bits per heavy atom. The number of piperidine rings is 4. The number of fused-ring (bicyclic) bond motifs is 5. The lowest BCUT2D eigenvalue weighted by Crippen LogP contribution is -2.59. The number of benzene rings is 2. The fourth-order valence-electron chi connectivity index (χ4n) is 9.75. The third-order valence-electron chi connectivity index (χ3n) is 12.1. The smallest absolute Gasteiger partial charge is 0.394 e. The minimum absolute atomic E-state index is 0.178. The first-order valence-corrected chi connectivity index (χ1v) is 18.9. The van der Waals surface area contributed by atoms with E-state index >= 15 is 0 Å². The Balaban J connectivity index is 0.000000152. The molecule has 5 heterocycles. The van der Waals surface area contributed by atoms with Gasteiger partial charge in [0.25, 0.3) is 0 Å². The number of aromatic nitrogens is 1. The molecule has 10 nitrogen and oxygen atoms in total. The fraction of sp³-hybridized carbons (Fsp3) is 0.553. The molecule has 266 valence electrons. The number of hydrogen-bond donors (Lipinski definition) is 3. The van der Waals surface area contributed by atoms with Gasteiger partial charge >= 0.3 is 10.4 Å². The second kappa shape index (κ2) is 14.7. The van der Waals surface area contributed by atoms with Crippen molar-refractivity contribution in [1.82, 2.24) is 14.8 Å². The molecule has 6 aliphatic rings. The normalized spacial score (nSPS) is 30.7. The molecule has 3 N–H and O–H groups in total. The Kier molecular flexibility index (Phi) is 10.7. The van der Waals surface area contributed by atoms with Crippen LogP contribution < -0.4 is 9.47 Å². The van der Waals surface area contributed by atoms with Gasteiger partial charge in [0.2, 0.25) is 0 Å². The van der Waals surface area contributed by atoms with Gasteiger partial charge in [-0.1, -0.05) is 25.0 Å². The van der Waals surface area contributed by atoms with Crippen LogP contribution >= 0.6 is 0 Å². The molecule has 3 aromatic rings. The van der Waals surface area contributed by atoms with Gasteiger partial charge in [0.05, 0.1) is 25.8 Å². The molecule has 5 fully saturated rings. The topological polar surface area (TPSA) is 133 Å². The van der Waals surface area contributed by atoms with Crippen LogP contribution in [0, 0.1) is 17.8 Å². The summed E-state index contributed by atoms with van der Waals surface area (Å²) in [5.41, 5.74) is 5.52. The summed E-state index contributed by atoms with van der Waals surface area (Å²) >= 11 is 0. The highest BCUT2D eigenvalue weighted by atomic mass is 32.3. The van der Waals surface area contributed by atoms with E-state index in [4.69, 9.17) is 27.0 Å². The predicted molar refractivity (Wildman–Crippen MR) is 191 cm³/mol. The van der Waals surface area contributed by atoms with Crippen molar-refractivity contribution in [1.29, 1.82) is 0 Å². The summed E-state index contributed by atoms with van der Waals surface area (Å²) in [6.45, 7) is 7.33. The number of rotatable bonds is 5. The van der Waals surface area contributed by atoms with Crippen molar-refractivity contribution in [2.24, 2.45) is 17.8 Å². The molecule has 1 unspecified atom stereocenters. The molecule has 2 aromatic carbocycles. The summed E-state index contributed by atoms with van der Waals surface area (Å²) in [4.78, 5) is 9.48. The maximum absolute atomic E-state index is 11.2. The largest absolute Gasteiger partial charge is 0.497 e. The highest BCUT2D eigenvalue weighted by molar-refractivity contribution is 7.79. The van der Waals surface area contributed by atoms with Gasteiger partial charge in [-0.05, 0) is 130 Å². The monoisotopic (exact) mass is 693 g/mol. The molecule has 0 amide bonds. The average Bonchev–Trinajstić information content (AvgIpc) is 3.11. The van der Waals surface area contributed by atoms with E-state index in [0.717, 1.165) is 59.4 Å². The molecule has 1 aromatic heterocycles. The van der Waals surface area contributed by atoms with Crippen LogP contribution in [-0.4, -0.2) is 90.4 Å². The van der Waals surface area contributed by atoms with Crippen molar-refractivity contribution in [2.75, 3.05) is 40.9 Å². The van der Waals surface area contributed by atoms with Crippen molar-refractivity contribution in [3.63, 3.8) is 0 Å². The number of pyridine rings is 1. The molecule has 4 aliphatic heterocycles. The Morgan fingerprint density at radius 2 is 1.76 bits per heavy atom. The molecular weight excluding hydrogens is 642 g/mol. The predicted octanol–water partition coefficient (Wildman–Crippen LogP) is 5.90. The van der Waals surface area contributed by atoms with E-state index in [0.29, 0.717) is 17.3 Å². The van der Waals surface area contributed by atoms with Gasteiger partial charge in [-0.15, -0.1) is 6.58 Å². The van der Waals surface area contributed by atoms with Crippen LogP contribution in [0.2, 0.25) is 0 Å². The number of aliphatic hydroxyl groups excluding tert-OH is 1. The summed E-state index contributed by atoms with van der Waals surface area (Å²) in [5, 5.41) is 12.1. The van der Waals surface area contributed by atoms with Gasteiger partial charge in [-0.2, -0.15) is 8.42 Å². The van der Waals surface area contributed by atoms with Crippen LogP contribution in [-0.2, 0) is 22.2 Å². The zero-order chi connectivity index (χ0) is 34.9. The number of ether oxygens (including phenoxy) is 2. The maximum atomic E-state index is 11.2. The molecule has 8 atom stereocenters. The quantitative estimate of drug-likeness (QED) is 0.219. The van der Waals surface area contributed by atoms with E-state index in [1.807, 2.05) is 24.3 Å². The maximum Gasteiger partial charge on any atom is 0.394 e. The number of aliphatic hydroxyl groups is 1. The lowest BCUT2D eigenvalue weighted by molar-refractivity contribution is -0.0444.